The molecule has 172 valence electrons. The van der Waals surface area contributed by atoms with Gasteiger partial charge in [0.2, 0.25) is 11.8 Å². The van der Waals surface area contributed by atoms with E-state index in [0.717, 1.165) is 11.3 Å². The van der Waals surface area contributed by atoms with E-state index in [-0.39, 0.29) is 24.8 Å². The Balaban J connectivity index is 1.76. The molecule has 0 unspecified atom stereocenters. The molecule has 0 aromatic heterocycles. The number of ether oxygens (including phenoxy) is 1. The number of rotatable bonds is 11. The Bertz CT molecular complexity index is 1030. The molecule has 0 aliphatic carbocycles. The third-order valence-electron chi connectivity index (χ3n) is 5.36. The van der Waals surface area contributed by atoms with Gasteiger partial charge in [0.25, 0.3) is 0 Å². The number of para-hydroxylation sites is 1. The monoisotopic (exact) mass is 448 g/mol. The lowest BCUT2D eigenvalue weighted by Gasteiger charge is -2.31. The SMILES string of the molecule is CNC(=O)[C@@H](Cc1ccccc1)N(Cc1ccccc1F)C(=O)CCCOc1ccccc1. The first-order chi connectivity index (χ1) is 16.1. The maximum atomic E-state index is 14.4. The largest absolute Gasteiger partial charge is 0.494 e. The lowest BCUT2D eigenvalue weighted by molar-refractivity contribution is -0.141. The minimum absolute atomic E-state index is 0.00989. The summed E-state index contributed by atoms with van der Waals surface area (Å²) in [6, 6.07) is 24.4. The maximum Gasteiger partial charge on any atom is 0.242 e. The van der Waals surface area contributed by atoms with Crippen LogP contribution in [0.2, 0.25) is 0 Å². The van der Waals surface area contributed by atoms with Gasteiger partial charge in [0.05, 0.1) is 6.61 Å². The van der Waals surface area contributed by atoms with Crippen LogP contribution in [-0.4, -0.2) is 36.4 Å². The number of hydrogen-bond donors (Lipinski definition) is 1. The van der Waals surface area contributed by atoms with Crippen LogP contribution in [-0.2, 0) is 22.6 Å². The lowest BCUT2D eigenvalue weighted by Crippen LogP contribution is -2.49. The van der Waals surface area contributed by atoms with Gasteiger partial charge in [-0.1, -0.05) is 66.7 Å². The van der Waals surface area contributed by atoms with E-state index in [9.17, 15) is 14.0 Å². The summed E-state index contributed by atoms with van der Waals surface area (Å²) in [6.07, 6.45) is 0.998. The topological polar surface area (TPSA) is 58.6 Å². The van der Waals surface area contributed by atoms with Crippen molar-refractivity contribution in [2.45, 2.75) is 31.8 Å². The molecule has 3 rings (SSSR count). The third-order valence-corrected chi connectivity index (χ3v) is 5.36. The number of nitrogens with one attached hydrogen (secondary N) is 1. The van der Waals surface area contributed by atoms with Gasteiger partial charge in [0.15, 0.2) is 0 Å². The molecule has 0 spiro atoms. The number of likely N-dealkylation sites (N-methyl/N-ethyl adjacent to an activating group) is 1. The Morgan fingerprint density at radius 3 is 2.24 bits per heavy atom. The van der Waals surface area contributed by atoms with E-state index in [0.29, 0.717) is 25.0 Å². The number of carbonyl (C=O) groups excluding carboxylic acids is 2. The van der Waals surface area contributed by atoms with Crippen molar-refractivity contribution < 1.29 is 18.7 Å². The summed E-state index contributed by atoms with van der Waals surface area (Å²) in [6.45, 7) is 0.378. The van der Waals surface area contributed by atoms with E-state index in [1.54, 1.807) is 25.2 Å². The molecule has 0 heterocycles. The zero-order valence-corrected chi connectivity index (χ0v) is 18.7. The number of hydrogen-bond acceptors (Lipinski definition) is 3. The third kappa shape index (κ3) is 7.17. The number of amides is 2. The fraction of sp³-hybridized carbons (Fsp3) is 0.259. The molecule has 1 atom stereocenters. The Kier molecular flexibility index (Phi) is 9.00. The van der Waals surface area contributed by atoms with Crippen LogP contribution in [0.5, 0.6) is 5.75 Å². The van der Waals surface area contributed by atoms with E-state index in [2.05, 4.69) is 5.32 Å². The second-order valence-corrected chi connectivity index (χ2v) is 7.70. The van der Waals surface area contributed by atoms with Crippen molar-refractivity contribution >= 4 is 11.8 Å². The second kappa shape index (κ2) is 12.4. The van der Waals surface area contributed by atoms with E-state index in [1.165, 1.54) is 11.0 Å². The molecule has 0 aliphatic rings. The van der Waals surface area contributed by atoms with Crippen molar-refractivity contribution in [2.75, 3.05) is 13.7 Å². The zero-order chi connectivity index (χ0) is 23.5. The fourth-order valence-corrected chi connectivity index (χ4v) is 3.60. The van der Waals surface area contributed by atoms with Crippen molar-refractivity contribution in [3.8, 4) is 5.75 Å². The molecule has 0 saturated heterocycles. The van der Waals surface area contributed by atoms with E-state index >= 15 is 0 Å². The highest BCUT2D eigenvalue weighted by Gasteiger charge is 2.30. The molecular weight excluding hydrogens is 419 g/mol. The minimum atomic E-state index is -0.764. The minimum Gasteiger partial charge on any atom is -0.494 e. The summed E-state index contributed by atoms with van der Waals surface area (Å²) in [5.74, 6) is -0.179. The molecular formula is C27H29FN2O3. The van der Waals surface area contributed by atoms with Gasteiger partial charge in [0, 0.05) is 32.0 Å². The molecule has 3 aromatic rings. The normalized spacial score (nSPS) is 11.5. The van der Waals surface area contributed by atoms with Crippen LogP contribution >= 0.6 is 0 Å². The Hall–Kier alpha value is -3.67. The summed E-state index contributed by atoms with van der Waals surface area (Å²) in [5, 5.41) is 2.66. The summed E-state index contributed by atoms with van der Waals surface area (Å²) in [4.78, 5) is 27.6. The number of nitrogens with zero attached hydrogens (tertiary/aromatic N) is 1. The van der Waals surface area contributed by atoms with Crippen LogP contribution in [0.1, 0.15) is 24.0 Å². The van der Waals surface area contributed by atoms with Gasteiger partial charge >= 0.3 is 0 Å². The molecule has 0 aliphatic heterocycles. The Morgan fingerprint density at radius 2 is 1.58 bits per heavy atom. The summed E-state index contributed by atoms with van der Waals surface area (Å²) in [7, 11) is 1.54. The Labute approximate surface area is 194 Å². The van der Waals surface area contributed by atoms with Crippen molar-refractivity contribution in [2.24, 2.45) is 0 Å². The van der Waals surface area contributed by atoms with Crippen LogP contribution < -0.4 is 10.1 Å². The lowest BCUT2D eigenvalue weighted by atomic mass is 10.0. The van der Waals surface area contributed by atoms with E-state index in [4.69, 9.17) is 4.74 Å². The maximum absolute atomic E-state index is 14.4. The molecule has 0 fully saturated rings. The number of carbonyl (C=O) groups is 2. The first-order valence-corrected chi connectivity index (χ1v) is 11.0. The van der Waals surface area contributed by atoms with Gasteiger partial charge in [-0.05, 0) is 30.2 Å². The molecule has 2 amide bonds. The molecule has 0 bridgehead atoms. The molecule has 6 heteroatoms. The first-order valence-electron chi connectivity index (χ1n) is 11.0. The smallest absolute Gasteiger partial charge is 0.242 e. The quantitative estimate of drug-likeness (QED) is 0.443. The van der Waals surface area contributed by atoms with Gasteiger partial charge in [-0.25, -0.2) is 4.39 Å². The summed E-state index contributed by atoms with van der Waals surface area (Å²) < 4.78 is 20.1. The fourth-order valence-electron chi connectivity index (χ4n) is 3.60. The van der Waals surface area contributed by atoms with Crippen LogP contribution in [0.3, 0.4) is 0 Å². The number of benzene rings is 3. The second-order valence-electron chi connectivity index (χ2n) is 7.70. The standard InChI is InChI=1S/C27H29FN2O3/c1-29-27(32)25(19-21-11-4-2-5-12-21)30(20-22-13-8-9-16-24(22)28)26(31)17-10-18-33-23-14-6-3-7-15-23/h2-9,11-16,25H,10,17-20H2,1H3,(H,29,32)/t25-/m1/s1. The van der Waals surface area contributed by atoms with Crippen molar-refractivity contribution in [3.05, 3.63) is 102 Å². The van der Waals surface area contributed by atoms with Crippen LogP contribution in [0, 0.1) is 5.82 Å². The average Bonchev–Trinajstić information content (AvgIpc) is 2.85. The molecule has 3 aromatic carbocycles. The van der Waals surface area contributed by atoms with Crippen molar-refractivity contribution in [3.63, 3.8) is 0 Å². The molecule has 0 radical (unpaired) electrons. The highest BCUT2D eigenvalue weighted by Crippen LogP contribution is 2.18. The highest BCUT2D eigenvalue weighted by atomic mass is 19.1. The predicted molar refractivity (Wildman–Crippen MR) is 126 cm³/mol. The van der Waals surface area contributed by atoms with Crippen molar-refractivity contribution in [1.82, 2.24) is 10.2 Å². The first kappa shape index (κ1) is 24.0. The van der Waals surface area contributed by atoms with Gasteiger partial charge in [-0.15, -0.1) is 0 Å². The molecule has 0 saturated carbocycles. The predicted octanol–water partition coefficient (Wildman–Crippen LogP) is 4.37. The van der Waals surface area contributed by atoms with E-state index < -0.39 is 11.9 Å². The zero-order valence-electron chi connectivity index (χ0n) is 18.7. The average molecular weight is 449 g/mol. The number of halogens is 1. The molecule has 1 N–H and O–H groups in total. The molecule has 5 nitrogen and oxygen atoms in total. The van der Waals surface area contributed by atoms with Crippen LogP contribution in [0.4, 0.5) is 4.39 Å². The van der Waals surface area contributed by atoms with Crippen molar-refractivity contribution in [1.29, 1.82) is 0 Å². The highest BCUT2D eigenvalue weighted by molar-refractivity contribution is 5.87. The van der Waals surface area contributed by atoms with Gasteiger partial charge in [0.1, 0.15) is 17.6 Å². The van der Waals surface area contributed by atoms with Gasteiger partial charge < -0.3 is 15.0 Å². The van der Waals surface area contributed by atoms with E-state index in [1.807, 2.05) is 60.7 Å². The Morgan fingerprint density at radius 1 is 0.939 bits per heavy atom. The summed E-state index contributed by atoms with van der Waals surface area (Å²) in [5.41, 5.74) is 1.29. The van der Waals surface area contributed by atoms with Gasteiger partial charge in [-0.3, -0.25) is 9.59 Å². The van der Waals surface area contributed by atoms with Crippen LogP contribution in [0.25, 0.3) is 0 Å². The van der Waals surface area contributed by atoms with Crippen LogP contribution in [0.15, 0.2) is 84.9 Å². The molecule has 33 heavy (non-hydrogen) atoms. The summed E-state index contributed by atoms with van der Waals surface area (Å²) >= 11 is 0. The van der Waals surface area contributed by atoms with Gasteiger partial charge in [-0.2, -0.15) is 0 Å².